The van der Waals surface area contributed by atoms with Gasteiger partial charge in [-0.1, -0.05) is 157 Å². The van der Waals surface area contributed by atoms with Gasteiger partial charge >= 0.3 is 0 Å². The van der Waals surface area contributed by atoms with E-state index in [0.717, 1.165) is 27.8 Å². The van der Waals surface area contributed by atoms with Crippen molar-refractivity contribution in [3.8, 4) is 11.5 Å². The second-order valence-electron chi connectivity index (χ2n) is 15.7. The third-order valence-corrected chi connectivity index (χ3v) is 11.1. The van der Waals surface area contributed by atoms with Gasteiger partial charge in [-0.2, -0.15) is 0 Å². The molecule has 7 rings (SSSR count). The summed E-state index contributed by atoms with van der Waals surface area (Å²) in [6.45, 7) is 0.565. The number of benzene rings is 6. The van der Waals surface area contributed by atoms with Gasteiger partial charge < -0.3 is 47.7 Å². The highest BCUT2D eigenvalue weighted by atomic mass is 16.7. The molecule has 1 saturated heterocycles. The maximum absolute atomic E-state index is 11.2. The molecule has 13 nitrogen and oxygen atoms in total. The van der Waals surface area contributed by atoms with Crippen LogP contribution in [0.3, 0.4) is 0 Å². The molecular weight excluding hydrogens is 839 g/mol. The number of ether oxygens (including phenoxy) is 9. The Bertz CT molecular complexity index is 2290. The van der Waals surface area contributed by atoms with Crippen molar-refractivity contribution in [3.05, 3.63) is 214 Å². The first-order valence-corrected chi connectivity index (χ1v) is 22.1. The molecule has 1 heterocycles. The summed E-state index contributed by atoms with van der Waals surface area (Å²) in [5.74, 6) is 1.23. The summed E-state index contributed by atoms with van der Waals surface area (Å²) in [4.78, 5) is 3.31. The summed E-state index contributed by atoms with van der Waals surface area (Å²) < 4.78 is 58.8. The van der Waals surface area contributed by atoms with Crippen molar-refractivity contribution in [1.29, 1.82) is 0 Å². The topological polar surface area (TPSA) is 152 Å². The molecule has 1 N–H and O–H groups in total. The van der Waals surface area contributed by atoms with Crippen LogP contribution in [0, 0.1) is 0 Å². The summed E-state index contributed by atoms with van der Waals surface area (Å²) in [6, 6.07) is 54.7. The van der Waals surface area contributed by atoms with Gasteiger partial charge in [0.2, 0.25) is 0 Å². The summed E-state index contributed by atoms with van der Waals surface area (Å²) in [5.41, 5.74) is 14.8. The molecule has 344 valence electrons. The highest BCUT2D eigenvalue weighted by Gasteiger charge is 2.50. The van der Waals surface area contributed by atoms with Crippen LogP contribution in [0.4, 0.5) is 0 Å². The quantitative estimate of drug-likeness (QED) is 0.0317. The Hall–Kier alpha value is -6.09. The van der Waals surface area contributed by atoms with Crippen molar-refractivity contribution in [1.82, 2.24) is 0 Å². The molecule has 0 spiro atoms. The molecule has 0 bridgehead atoms. The van der Waals surface area contributed by atoms with E-state index in [9.17, 15) is 10.6 Å². The minimum atomic E-state index is -1.29. The van der Waals surface area contributed by atoms with Crippen LogP contribution in [0.1, 0.15) is 27.8 Å². The van der Waals surface area contributed by atoms with Crippen molar-refractivity contribution in [3.63, 3.8) is 0 Å². The highest BCUT2D eigenvalue weighted by Crippen LogP contribution is 2.33. The number of aliphatic hydroxyl groups excluding tert-OH is 1. The van der Waals surface area contributed by atoms with Gasteiger partial charge in [-0.3, -0.25) is 0 Å². The number of methoxy groups -OCH3 is 1. The van der Waals surface area contributed by atoms with Crippen molar-refractivity contribution in [2.75, 3.05) is 26.9 Å². The fourth-order valence-corrected chi connectivity index (χ4v) is 7.58. The van der Waals surface area contributed by atoms with Crippen LogP contribution in [0.15, 0.2) is 181 Å². The average Bonchev–Trinajstić information content (AvgIpc) is 3.37. The van der Waals surface area contributed by atoms with E-state index in [4.69, 9.17) is 42.6 Å². The largest absolute Gasteiger partial charge is 0.497 e. The van der Waals surface area contributed by atoms with Gasteiger partial charge in [0.1, 0.15) is 60.8 Å². The average molecular weight is 896 g/mol. The minimum absolute atomic E-state index is 0.0334. The van der Waals surface area contributed by atoms with E-state index >= 15 is 0 Å². The molecule has 0 saturated carbocycles. The fraction of sp³-hybridized carbons (Fsp3) is 0.321. The van der Waals surface area contributed by atoms with Crippen molar-refractivity contribution >= 4 is 0 Å². The smallest absolute Gasteiger partial charge is 0.169 e. The van der Waals surface area contributed by atoms with Gasteiger partial charge in [0.25, 0.3) is 0 Å². The second kappa shape index (κ2) is 26.2. The first kappa shape index (κ1) is 47.9. The van der Waals surface area contributed by atoms with Crippen LogP contribution in [0.25, 0.3) is 10.4 Å². The zero-order valence-electron chi connectivity index (χ0n) is 37.0. The number of nitrogens with zero attached hydrogens (tertiary/aromatic N) is 3. The normalized spacial score (nSPS) is 19.5. The van der Waals surface area contributed by atoms with Crippen molar-refractivity contribution in [2.45, 2.75) is 82.0 Å². The Morgan fingerprint density at radius 2 is 1.03 bits per heavy atom. The lowest BCUT2D eigenvalue weighted by Crippen LogP contribution is -2.62. The Kier molecular flexibility index (Phi) is 19.0. The van der Waals surface area contributed by atoms with E-state index in [1.165, 1.54) is 0 Å². The van der Waals surface area contributed by atoms with Gasteiger partial charge in [-0.05, 0) is 57.6 Å². The fourth-order valence-electron chi connectivity index (χ4n) is 7.58. The molecule has 3 unspecified atom stereocenters. The number of hydrogen-bond donors (Lipinski definition) is 1. The molecular formula is C53H57N3O10. The molecule has 0 aromatic heterocycles. The number of rotatable bonds is 26. The first-order valence-electron chi connectivity index (χ1n) is 22.1. The summed E-state index contributed by atoms with van der Waals surface area (Å²) in [6.07, 6.45) is -6.76. The molecule has 13 heteroatoms. The van der Waals surface area contributed by atoms with Crippen LogP contribution < -0.4 is 9.47 Å². The van der Waals surface area contributed by atoms with E-state index in [1.807, 2.05) is 152 Å². The summed E-state index contributed by atoms with van der Waals surface area (Å²) in [5, 5.41) is 15.5. The van der Waals surface area contributed by atoms with E-state index in [2.05, 4.69) is 10.0 Å². The zero-order chi connectivity index (χ0) is 45.6. The zero-order valence-corrected chi connectivity index (χ0v) is 37.0. The monoisotopic (exact) mass is 895 g/mol. The van der Waals surface area contributed by atoms with Gasteiger partial charge in [0, 0.05) is 4.91 Å². The molecule has 1 aliphatic rings. The summed E-state index contributed by atoms with van der Waals surface area (Å²) in [7, 11) is 1.60. The first-order chi connectivity index (χ1) is 32.6. The Morgan fingerprint density at radius 3 is 1.52 bits per heavy atom. The molecule has 0 aliphatic carbocycles. The maximum atomic E-state index is 11.2. The standard InChI is InChI=1S/C53H57N3O10/c1-58-44-27-29-45(30-28-44)60-38-47(62-34-41-21-11-4-12-22-41)50(46(31-57)61-33-40-19-9-3-10-20-40)66-53-49(55-56-54)52(64-36-43-25-15-6-16-26-43)51(63-35-42-23-13-5-14-24-42)48(65-53)37-59-32-39-17-7-2-8-18-39/h2-30,46-53,57H,31-38H2,1H3/t46?,47?,48-,49-,50?,51-,52-,53+/m1/s1. The lowest BCUT2D eigenvalue weighted by molar-refractivity contribution is -0.314. The van der Waals surface area contributed by atoms with Crippen LogP contribution in [0.5, 0.6) is 11.5 Å². The Morgan fingerprint density at radius 1 is 0.576 bits per heavy atom. The molecule has 66 heavy (non-hydrogen) atoms. The minimum Gasteiger partial charge on any atom is -0.497 e. The van der Waals surface area contributed by atoms with Crippen LogP contribution in [-0.2, 0) is 66.2 Å². The summed E-state index contributed by atoms with van der Waals surface area (Å²) >= 11 is 0. The maximum Gasteiger partial charge on any atom is 0.169 e. The predicted octanol–water partition coefficient (Wildman–Crippen LogP) is 9.41. The third-order valence-electron chi connectivity index (χ3n) is 11.1. The van der Waals surface area contributed by atoms with Crippen LogP contribution in [-0.4, -0.2) is 81.0 Å². The molecule has 0 radical (unpaired) electrons. The predicted molar refractivity (Wildman–Crippen MR) is 248 cm³/mol. The number of hydrogen-bond acceptors (Lipinski definition) is 11. The Balaban J connectivity index is 1.26. The number of aliphatic hydroxyl groups is 1. The number of azide groups is 1. The van der Waals surface area contributed by atoms with Gasteiger partial charge in [0.05, 0.1) is 53.4 Å². The molecule has 6 aromatic rings. The Labute approximate surface area is 386 Å². The molecule has 8 atom stereocenters. The molecule has 1 fully saturated rings. The van der Waals surface area contributed by atoms with Gasteiger partial charge in [-0.25, -0.2) is 0 Å². The lowest BCUT2D eigenvalue weighted by atomic mass is 9.96. The van der Waals surface area contributed by atoms with Crippen LogP contribution in [0.2, 0.25) is 0 Å². The second-order valence-corrected chi connectivity index (χ2v) is 15.7. The third kappa shape index (κ3) is 14.5. The highest BCUT2D eigenvalue weighted by molar-refractivity contribution is 5.31. The van der Waals surface area contributed by atoms with Crippen molar-refractivity contribution < 1.29 is 47.7 Å². The molecule has 6 aromatic carbocycles. The molecule has 1 aliphatic heterocycles. The van der Waals surface area contributed by atoms with E-state index < -0.39 is 55.6 Å². The van der Waals surface area contributed by atoms with Gasteiger partial charge in [0.15, 0.2) is 6.29 Å². The van der Waals surface area contributed by atoms with E-state index in [-0.39, 0.29) is 39.6 Å². The lowest BCUT2D eigenvalue weighted by Gasteiger charge is -2.46. The van der Waals surface area contributed by atoms with E-state index in [1.54, 1.807) is 31.4 Å². The van der Waals surface area contributed by atoms with Gasteiger partial charge in [-0.15, -0.1) is 0 Å². The van der Waals surface area contributed by atoms with Crippen molar-refractivity contribution in [2.24, 2.45) is 5.11 Å². The van der Waals surface area contributed by atoms with E-state index in [0.29, 0.717) is 18.1 Å². The molecule has 0 amide bonds. The SMILES string of the molecule is COc1ccc(OCC(OCc2ccccc2)C(O[C@@H]2O[C@H](COCc3ccccc3)[C@@H](OCc3ccccc3)[C@H](OCc3ccccc3)[C@H]2N=[N+]=[N-])C(CO)OCc2ccccc2)cc1. The van der Waals surface area contributed by atoms with Crippen LogP contribution >= 0.6 is 0 Å².